The fourth-order valence-electron chi connectivity index (χ4n) is 3.25. The molecule has 0 spiro atoms. The molecule has 2 atom stereocenters. The lowest BCUT2D eigenvalue weighted by Gasteiger charge is -2.38. The van der Waals surface area contributed by atoms with Crippen molar-refractivity contribution in [1.29, 1.82) is 0 Å². The number of hydrogen-bond donors (Lipinski definition) is 0. The quantitative estimate of drug-likeness (QED) is 0.748. The number of hydrogen-bond acceptors (Lipinski definition) is 5. The van der Waals surface area contributed by atoms with Crippen LogP contribution in [0.25, 0.3) is 0 Å². The minimum Gasteiger partial charge on any atom is -0.469 e. The van der Waals surface area contributed by atoms with E-state index in [1.54, 1.807) is 0 Å². The number of methoxy groups -OCH3 is 1. The Morgan fingerprint density at radius 3 is 2.71 bits per heavy atom. The fourth-order valence-corrected chi connectivity index (χ4v) is 4.92. The molecule has 0 N–H and O–H groups in total. The average molecular weight is 354 g/mol. The zero-order chi connectivity index (χ0) is 17.3. The molecule has 8 heteroatoms. The molecule has 7 nitrogen and oxygen atoms in total. The number of ether oxygens (including phenoxy) is 2. The highest BCUT2D eigenvalue weighted by Crippen LogP contribution is 2.31. The fraction of sp³-hybridized carbons (Fsp3) is 0.562. The number of fused-ring (bicyclic) bond motifs is 1. The SMILES string of the molecule is COC(=O)C1CN(S(=O)(=O)N2CCOC(C)C2)Cc2ccccc21. The molecule has 24 heavy (non-hydrogen) atoms. The Morgan fingerprint density at radius 1 is 1.25 bits per heavy atom. The normalized spacial score (nSPS) is 25.9. The topological polar surface area (TPSA) is 76.2 Å². The van der Waals surface area contributed by atoms with Crippen LogP contribution in [-0.4, -0.2) is 62.5 Å². The van der Waals surface area contributed by atoms with Crippen molar-refractivity contribution in [1.82, 2.24) is 8.61 Å². The lowest BCUT2D eigenvalue weighted by atomic mass is 9.91. The van der Waals surface area contributed by atoms with Gasteiger partial charge in [-0.1, -0.05) is 24.3 Å². The summed E-state index contributed by atoms with van der Waals surface area (Å²) in [5.74, 6) is -1.02. The summed E-state index contributed by atoms with van der Waals surface area (Å²) < 4.78 is 39.1. The van der Waals surface area contributed by atoms with E-state index in [2.05, 4.69) is 0 Å². The van der Waals surface area contributed by atoms with Crippen LogP contribution in [0.3, 0.4) is 0 Å². The second-order valence-electron chi connectivity index (χ2n) is 6.11. The summed E-state index contributed by atoms with van der Waals surface area (Å²) in [6, 6.07) is 7.41. The van der Waals surface area contributed by atoms with Crippen LogP contribution in [-0.2, 0) is 31.0 Å². The first-order valence-electron chi connectivity index (χ1n) is 7.96. The Balaban J connectivity index is 1.91. The predicted molar refractivity (Wildman–Crippen MR) is 87.5 cm³/mol. The summed E-state index contributed by atoms with van der Waals surface area (Å²) in [7, 11) is -2.34. The third-order valence-electron chi connectivity index (χ3n) is 4.51. The van der Waals surface area contributed by atoms with E-state index in [0.29, 0.717) is 19.7 Å². The number of benzene rings is 1. The van der Waals surface area contributed by atoms with E-state index >= 15 is 0 Å². The molecule has 0 bridgehead atoms. The van der Waals surface area contributed by atoms with Gasteiger partial charge in [-0.25, -0.2) is 0 Å². The number of carbonyl (C=O) groups excluding carboxylic acids is 1. The maximum atomic E-state index is 13.0. The maximum absolute atomic E-state index is 13.0. The Morgan fingerprint density at radius 2 is 2.00 bits per heavy atom. The molecule has 132 valence electrons. The monoisotopic (exact) mass is 354 g/mol. The summed E-state index contributed by atoms with van der Waals surface area (Å²) in [6.45, 7) is 3.24. The van der Waals surface area contributed by atoms with Crippen LogP contribution in [0.4, 0.5) is 0 Å². The summed E-state index contributed by atoms with van der Waals surface area (Å²) in [5, 5.41) is 0. The van der Waals surface area contributed by atoms with Crippen LogP contribution < -0.4 is 0 Å². The van der Waals surface area contributed by atoms with Gasteiger partial charge in [-0.3, -0.25) is 4.79 Å². The summed E-state index contributed by atoms with van der Waals surface area (Å²) in [6.07, 6.45) is -0.137. The third kappa shape index (κ3) is 3.19. The zero-order valence-electron chi connectivity index (χ0n) is 13.8. The van der Waals surface area contributed by atoms with Gasteiger partial charge in [0.15, 0.2) is 0 Å². The molecular formula is C16H22N2O5S. The minimum absolute atomic E-state index is 0.0950. The van der Waals surface area contributed by atoms with Crippen LogP contribution in [0.15, 0.2) is 24.3 Å². The molecule has 0 saturated carbocycles. The smallest absolute Gasteiger partial charge is 0.314 e. The molecule has 1 fully saturated rings. The van der Waals surface area contributed by atoms with Gasteiger partial charge in [-0.15, -0.1) is 0 Å². The van der Waals surface area contributed by atoms with Gasteiger partial charge < -0.3 is 9.47 Å². The molecule has 0 aromatic heterocycles. The molecule has 0 radical (unpaired) electrons. The molecule has 1 saturated heterocycles. The van der Waals surface area contributed by atoms with Crippen molar-refractivity contribution in [2.45, 2.75) is 25.5 Å². The highest BCUT2D eigenvalue weighted by atomic mass is 32.2. The van der Waals surface area contributed by atoms with E-state index in [-0.39, 0.29) is 19.2 Å². The molecule has 1 aromatic rings. The largest absolute Gasteiger partial charge is 0.469 e. The molecule has 2 unspecified atom stereocenters. The molecule has 0 aliphatic carbocycles. The van der Waals surface area contributed by atoms with E-state index in [4.69, 9.17) is 9.47 Å². The highest BCUT2D eigenvalue weighted by molar-refractivity contribution is 7.86. The van der Waals surface area contributed by atoms with Gasteiger partial charge in [0.05, 0.1) is 25.7 Å². The van der Waals surface area contributed by atoms with E-state index in [1.807, 2.05) is 31.2 Å². The van der Waals surface area contributed by atoms with Crippen LogP contribution in [0.2, 0.25) is 0 Å². The molecule has 2 aliphatic rings. The van der Waals surface area contributed by atoms with Crippen molar-refractivity contribution in [3.63, 3.8) is 0 Å². The minimum atomic E-state index is -3.66. The molecule has 2 aliphatic heterocycles. The number of nitrogens with zero attached hydrogens (tertiary/aromatic N) is 2. The van der Waals surface area contributed by atoms with Crippen molar-refractivity contribution in [3.8, 4) is 0 Å². The number of carbonyl (C=O) groups is 1. The van der Waals surface area contributed by atoms with Gasteiger partial charge >= 0.3 is 5.97 Å². The summed E-state index contributed by atoms with van der Waals surface area (Å²) in [5.41, 5.74) is 1.68. The van der Waals surface area contributed by atoms with Gasteiger partial charge in [-0.2, -0.15) is 17.0 Å². The third-order valence-corrected chi connectivity index (χ3v) is 6.42. The second kappa shape index (κ2) is 6.79. The van der Waals surface area contributed by atoms with Crippen LogP contribution in [0.1, 0.15) is 24.0 Å². The van der Waals surface area contributed by atoms with Crippen molar-refractivity contribution in [2.75, 3.05) is 33.4 Å². The van der Waals surface area contributed by atoms with Gasteiger partial charge in [0.1, 0.15) is 0 Å². The second-order valence-corrected chi connectivity index (χ2v) is 8.04. The van der Waals surface area contributed by atoms with Crippen molar-refractivity contribution < 1.29 is 22.7 Å². The first kappa shape index (κ1) is 17.3. The molecular weight excluding hydrogens is 332 g/mol. The number of rotatable bonds is 3. The van der Waals surface area contributed by atoms with Crippen LogP contribution >= 0.6 is 0 Å². The lowest BCUT2D eigenvalue weighted by molar-refractivity contribution is -0.142. The Kier molecular flexibility index (Phi) is 4.91. The van der Waals surface area contributed by atoms with Crippen LogP contribution in [0, 0.1) is 0 Å². The van der Waals surface area contributed by atoms with Gasteiger partial charge in [0.2, 0.25) is 0 Å². The van der Waals surface area contributed by atoms with Gasteiger partial charge in [-0.05, 0) is 18.1 Å². The summed E-state index contributed by atoms with van der Waals surface area (Å²) >= 11 is 0. The highest BCUT2D eigenvalue weighted by Gasteiger charge is 2.40. The van der Waals surface area contributed by atoms with E-state index < -0.39 is 22.1 Å². The standard InChI is InChI=1S/C16H22N2O5S/c1-12-9-17(7-8-23-12)24(20,21)18-10-13-5-3-4-6-14(13)15(11-18)16(19)22-2/h3-6,12,15H,7-11H2,1-2H3. The van der Waals surface area contributed by atoms with Gasteiger partial charge in [0.25, 0.3) is 10.2 Å². The zero-order valence-corrected chi connectivity index (χ0v) is 14.7. The van der Waals surface area contributed by atoms with Gasteiger partial charge in [0, 0.05) is 26.2 Å². The Hall–Kier alpha value is -1.48. The van der Waals surface area contributed by atoms with E-state index in [9.17, 15) is 13.2 Å². The number of esters is 1. The van der Waals surface area contributed by atoms with Crippen LogP contribution in [0.5, 0.6) is 0 Å². The van der Waals surface area contributed by atoms with Crippen molar-refractivity contribution in [3.05, 3.63) is 35.4 Å². The maximum Gasteiger partial charge on any atom is 0.314 e. The Bertz CT molecular complexity index is 721. The molecule has 0 amide bonds. The van der Waals surface area contributed by atoms with E-state index in [1.165, 1.54) is 15.7 Å². The molecule has 1 aromatic carbocycles. The van der Waals surface area contributed by atoms with Crippen molar-refractivity contribution >= 4 is 16.2 Å². The molecule has 2 heterocycles. The lowest BCUT2D eigenvalue weighted by Crippen LogP contribution is -2.52. The first-order chi connectivity index (χ1) is 11.4. The molecule has 3 rings (SSSR count). The van der Waals surface area contributed by atoms with E-state index in [0.717, 1.165) is 11.1 Å². The average Bonchev–Trinajstić information content (AvgIpc) is 2.60. The first-order valence-corrected chi connectivity index (χ1v) is 9.35. The summed E-state index contributed by atoms with van der Waals surface area (Å²) in [4.78, 5) is 12.2. The van der Waals surface area contributed by atoms with Crippen molar-refractivity contribution in [2.24, 2.45) is 0 Å². The predicted octanol–water partition coefficient (Wildman–Crippen LogP) is 0.724. The Labute approximate surface area is 142 Å². The number of morpholine rings is 1.